The van der Waals surface area contributed by atoms with Crippen LogP contribution in [0.25, 0.3) is 0 Å². The van der Waals surface area contributed by atoms with E-state index in [1.54, 1.807) is 0 Å². The van der Waals surface area contributed by atoms with Crippen molar-refractivity contribution in [1.82, 2.24) is 0 Å². The van der Waals surface area contributed by atoms with Crippen LogP contribution in [0.15, 0.2) is 30.3 Å². The molecule has 2 aromatic rings. The van der Waals surface area contributed by atoms with Crippen molar-refractivity contribution in [2.75, 3.05) is 0 Å². The van der Waals surface area contributed by atoms with Gasteiger partial charge in [-0.3, -0.25) is 9.59 Å². The third-order valence-electron chi connectivity index (χ3n) is 3.35. The summed E-state index contributed by atoms with van der Waals surface area (Å²) in [6.45, 7) is 0. The van der Waals surface area contributed by atoms with Crippen molar-refractivity contribution in [2.45, 2.75) is 0 Å². The van der Waals surface area contributed by atoms with Gasteiger partial charge in [0.25, 0.3) is 0 Å². The topological polar surface area (TPSA) is 112 Å². The summed E-state index contributed by atoms with van der Waals surface area (Å²) >= 11 is 0. The minimum atomic E-state index is -1.32. The van der Waals surface area contributed by atoms with Crippen LogP contribution in [0, 0.1) is 0 Å². The molecule has 1 aliphatic carbocycles. The van der Waals surface area contributed by atoms with Crippen molar-refractivity contribution in [3.8, 4) is 11.5 Å². The van der Waals surface area contributed by atoms with Gasteiger partial charge in [-0.15, -0.1) is 0 Å². The Kier molecular flexibility index (Phi) is 4.55. The average molecular weight is 324 g/mol. The molecule has 0 saturated heterocycles. The Morgan fingerprint density at radius 3 is 2.14 bits per heavy atom. The molecule has 0 unspecified atom stereocenters. The van der Waals surface area contributed by atoms with E-state index in [9.17, 15) is 24.6 Å². The molecule has 0 aromatic heterocycles. The van der Waals surface area contributed by atoms with Crippen LogP contribution in [0.4, 0.5) is 0 Å². The second-order valence-electron chi connectivity index (χ2n) is 4.58. The van der Waals surface area contributed by atoms with Crippen molar-refractivity contribution in [3.63, 3.8) is 0 Å². The van der Waals surface area contributed by atoms with Crippen molar-refractivity contribution in [2.24, 2.45) is 0 Å². The number of carboxylic acid groups (broad SMARTS) is 1. The second-order valence-corrected chi connectivity index (χ2v) is 4.58. The summed E-state index contributed by atoms with van der Waals surface area (Å²) in [6, 6.07) is 5.98. The van der Waals surface area contributed by atoms with E-state index < -0.39 is 23.3 Å². The number of hydrogen-bond donors (Lipinski definition) is 3. The van der Waals surface area contributed by atoms with Crippen LogP contribution < -0.4 is 0 Å². The van der Waals surface area contributed by atoms with E-state index >= 15 is 0 Å². The number of aromatic hydroxyl groups is 2. The van der Waals surface area contributed by atoms with Gasteiger partial charge in [0, 0.05) is 11.1 Å². The van der Waals surface area contributed by atoms with E-state index in [1.807, 2.05) is 0 Å². The molecule has 0 spiro atoms. The van der Waals surface area contributed by atoms with Crippen LogP contribution in [0.1, 0.15) is 42.2 Å². The van der Waals surface area contributed by atoms with Gasteiger partial charge < -0.3 is 15.3 Å². The van der Waals surface area contributed by atoms with Crippen LogP contribution >= 0.6 is 0 Å². The maximum atomic E-state index is 12.4. The van der Waals surface area contributed by atoms with E-state index in [4.69, 9.17) is 5.11 Å². The summed E-state index contributed by atoms with van der Waals surface area (Å²) in [5, 5.41) is 28.6. The SMILES string of the molecule is O=C(O)c1cc(O)c2c(c1)C(=O)c1cccc(O)c1C2=O.[KH]. The monoisotopic (exact) mass is 324 g/mol. The van der Waals surface area contributed by atoms with Crippen molar-refractivity contribution in [3.05, 3.63) is 58.1 Å². The van der Waals surface area contributed by atoms with Gasteiger partial charge in [-0.25, -0.2) is 4.79 Å². The van der Waals surface area contributed by atoms with Crippen molar-refractivity contribution in [1.29, 1.82) is 0 Å². The molecular formula is C15H9KO6. The van der Waals surface area contributed by atoms with E-state index in [1.165, 1.54) is 18.2 Å². The Morgan fingerprint density at radius 1 is 0.864 bits per heavy atom. The molecule has 3 N–H and O–H groups in total. The van der Waals surface area contributed by atoms with Crippen LogP contribution in [0.3, 0.4) is 0 Å². The fraction of sp³-hybridized carbons (Fsp3) is 0. The number of phenolic OH excluding ortho intramolecular Hbond substituents is 2. The van der Waals surface area contributed by atoms with Gasteiger partial charge in [-0.1, -0.05) is 12.1 Å². The average Bonchev–Trinajstić information content (AvgIpc) is 2.43. The number of rotatable bonds is 1. The molecule has 0 atom stereocenters. The second kappa shape index (κ2) is 5.94. The van der Waals surface area contributed by atoms with Crippen molar-refractivity contribution >= 4 is 68.9 Å². The molecule has 0 amide bonds. The van der Waals surface area contributed by atoms with E-state index in [0.29, 0.717) is 0 Å². The molecular weight excluding hydrogens is 315 g/mol. The van der Waals surface area contributed by atoms with E-state index in [0.717, 1.165) is 12.1 Å². The van der Waals surface area contributed by atoms with Crippen LogP contribution in [-0.4, -0.2) is 84.2 Å². The number of carboxylic acids is 1. The molecule has 106 valence electrons. The Morgan fingerprint density at radius 2 is 1.50 bits per heavy atom. The standard InChI is InChI=1S/C15H8O6.K.H/c16-9-3-1-2-7-11(9)14(19)12-8(13(7)18)4-6(15(20)21)5-10(12)17;;/h1-5,16-17H,(H,20,21);;. The molecule has 3 rings (SSSR count). The fourth-order valence-electron chi connectivity index (χ4n) is 2.41. The molecule has 7 heteroatoms. The Balaban J connectivity index is 0.00000176. The molecule has 0 aliphatic heterocycles. The Bertz CT molecular complexity index is 840. The number of hydrogen-bond acceptors (Lipinski definition) is 5. The van der Waals surface area contributed by atoms with Gasteiger partial charge in [0.1, 0.15) is 11.5 Å². The Labute approximate surface area is 166 Å². The molecule has 0 radical (unpaired) electrons. The number of phenols is 2. The first-order valence-electron chi connectivity index (χ1n) is 5.93. The molecule has 2 aromatic carbocycles. The van der Waals surface area contributed by atoms with E-state index in [2.05, 4.69) is 0 Å². The molecule has 0 bridgehead atoms. The Hall–Kier alpha value is -1.51. The van der Waals surface area contributed by atoms with Gasteiger partial charge in [0.15, 0.2) is 5.78 Å². The molecule has 1 aliphatic rings. The molecule has 0 fully saturated rings. The first-order valence-corrected chi connectivity index (χ1v) is 5.93. The number of ketones is 2. The zero-order chi connectivity index (χ0) is 15.3. The third-order valence-corrected chi connectivity index (χ3v) is 3.35. The molecule has 22 heavy (non-hydrogen) atoms. The third kappa shape index (κ3) is 2.40. The number of carbonyl (C=O) groups is 3. The number of carbonyl (C=O) groups excluding carboxylic acids is 2. The van der Waals surface area contributed by atoms with Gasteiger partial charge in [-0.2, -0.15) is 0 Å². The van der Waals surface area contributed by atoms with Crippen LogP contribution in [-0.2, 0) is 0 Å². The van der Waals surface area contributed by atoms with Crippen LogP contribution in [0.2, 0.25) is 0 Å². The molecule has 0 saturated carbocycles. The normalized spacial score (nSPS) is 12.2. The van der Waals surface area contributed by atoms with Gasteiger partial charge in [0.2, 0.25) is 5.78 Å². The molecule has 6 nitrogen and oxygen atoms in total. The van der Waals surface area contributed by atoms with Crippen LogP contribution in [0.5, 0.6) is 11.5 Å². The van der Waals surface area contributed by atoms with Gasteiger partial charge in [-0.05, 0) is 18.2 Å². The first-order chi connectivity index (χ1) is 9.91. The predicted molar refractivity (Wildman–Crippen MR) is 77.2 cm³/mol. The molecule has 0 heterocycles. The summed E-state index contributed by atoms with van der Waals surface area (Å²) in [5.74, 6) is -3.62. The summed E-state index contributed by atoms with van der Waals surface area (Å²) in [4.78, 5) is 35.7. The summed E-state index contributed by atoms with van der Waals surface area (Å²) in [7, 11) is 0. The summed E-state index contributed by atoms with van der Waals surface area (Å²) in [6.07, 6.45) is 0. The van der Waals surface area contributed by atoms with E-state index in [-0.39, 0.29) is 85.0 Å². The number of aromatic carboxylic acids is 1. The quantitative estimate of drug-likeness (QED) is 0.574. The predicted octanol–water partition coefficient (Wildman–Crippen LogP) is 0.923. The van der Waals surface area contributed by atoms with Gasteiger partial charge >= 0.3 is 57.4 Å². The van der Waals surface area contributed by atoms with Crippen molar-refractivity contribution < 1.29 is 29.7 Å². The van der Waals surface area contributed by atoms with Gasteiger partial charge in [0.05, 0.1) is 16.7 Å². The number of benzene rings is 2. The zero-order valence-electron chi connectivity index (χ0n) is 10.5. The number of fused-ring (bicyclic) bond motifs is 2. The minimum absolute atomic E-state index is 0. The maximum absolute atomic E-state index is 12.4. The fourth-order valence-corrected chi connectivity index (χ4v) is 2.41. The summed E-state index contributed by atoms with van der Waals surface area (Å²) < 4.78 is 0. The summed E-state index contributed by atoms with van der Waals surface area (Å²) in [5.41, 5.74) is -0.978. The zero-order valence-corrected chi connectivity index (χ0v) is 10.5. The first kappa shape index (κ1) is 16.9.